The Balaban J connectivity index is 1.87. The molecule has 5 nitrogen and oxygen atoms in total. The molecule has 2 aromatic heterocycles. The number of H-pyrrole nitrogens is 1. The van der Waals surface area contributed by atoms with E-state index in [1.54, 1.807) is 17.9 Å². The molecule has 0 saturated heterocycles. The number of imidazole rings is 1. The smallest absolute Gasteiger partial charge is 0.284 e. The molecule has 0 atom stereocenters. The molecule has 3 aromatic rings. The van der Waals surface area contributed by atoms with Crippen LogP contribution in [0, 0.1) is 0 Å². The SMILES string of the molecule is O=C(Nc1ccc2nc[nH]c2c1)c1nccs1. The number of aromatic nitrogens is 3. The molecular weight excluding hydrogens is 236 g/mol. The fourth-order valence-corrected chi connectivity index (χ4v) is 2.06. The van der Waals surface area contributed by atoms with Crippen molar-refractivity contribution in [2.45, 2.75) is 0 Å². The molecule has 0 fully saturated rings. The molecule has 0 aliphatic carbocycles. The summed E-state index contributed by atoms with van der Waals surface area (Å²) < 4.78 is 0. The zero-order valence-corrected chi connectivity index (χ0v) is 9.49. The largest absolute Gasteiger partial charge is 0.345 e. The van der Waals surface area contributed by atoms with Gasteiger partial charge in [0.05, 0.1) is 17.4 Å². The molecule has 0 saturated carbocycles. The maximum atomic E-state index is 11.8. The van der Waals surface area contributed by atoms with Crippen LogP contribution in [-0.2, 0) is 0 Å². The van der Waals surface area contributed by atoms with Crippen molar-refractivity contribution < 1.29 is 4.79 Å². The van der Waals surface area contributed by atoms with E-state index in [1.807, 2.05) is 18.2 Å². The van der Waals surface area contributed by atoms with Gasteiger partial charge in [-0.25, -0.2) is 9.97 Å². The average molecular weight is 244 g/mol. The molecule has 0 radical (unpaired) electrons. The van der Waals surface area contributed by atoms with Crippen LogP contribution < -0.4 is 5.32 Å². The summed E-state index contributed by atoms with van der Waals surface area (Å²) in [5.74, 6) is -0.195. The van der Waals surface area contributed by atoms with Crippen LogP contribution in [-0.4, -0.2) is 20.9 Å². The number of aromatic amines is 1. The number of carbonyl (C=O) groups is 1. The lowest BCUT2D eigenvalue weighted by Crippen LogP contribution is -2.11. The first-order chi connectivity index (χ1) is 8.33. The number of nitrogens with one attached hydrogen (secondary N) is 2. The third-order valence-electron chi connectivity index (χ3n) is 2.30. The monoisotopic (exact) mass is 244 g/mol. The average Bonchev–Trinajstić information content (AvgIpc) is 2.99. The molecule has 0 aliphatic heterocycles. The fraction of sp³-hybridized carbons (Fsp3) is 0. The summed E-state index contributed by atoms with van der Waals surface area (Å²) in [6.07, 6.45) is 3.23. The van der Waals surface area contributed by atoms with Gasteiger partial charge in [-0.2, -0.15) is 0 Å². The van der Waals surface area contributed by atoms with Gasteiger partial charge in [-0.3, -0.25) is 4.79 Å². The van der Waals surface area contributed by atoms with E-state index >= 15 is 0 Å². The maximum Gasteiger partial charge on any atom is 0.284 e. The Morgan fingerprint density at radius 2 is 2.29 bits per heavy atom. The topological polar surface area (TPSA) is 70.7 Å². The zero-order chi connectivity index (χ0) is 11.7. The molecule has 1 aromatic carbocycles. The molecule has 84 valence electrons. The lowest BCUT2D eigenvalue weighted by molar-refractivity contribution is 0.102. The summed E-state index contributed by atoms with van der Waals surface area (Å²) in [4.78, 5) is 22.8. The first-order valence-electron chi connectivity index (χ1n) is 4.97. The van der Waals surface area contributed by atoms with E-state index in [2.05, 4.69) is 20.3 Å². The van der Waals surface area contributed by atoms with Crippen molar-refractivity contribution in [3.8, 4) is 0 Å². The molecule has 6 heteroatoms. The highest BCUT2D eigenvalue weighted by molar-refractivity contribution is 7.11. The number of carbonyl (C=O) groups excluding carboxylic acids is 1. The molecule has 0 unspecified atom stereocenters. The van der Waals surface area contributed by atoms with Gasteiger partial charge in [0, 0.05) is 17.3 Å². The normalized spacial score (nSPS) is 10.6. The van der Waals surface area contributed by atoms with Crippen molar-refractivity contribution in [1.29, 1.82) is 0 Å². The number of thiazole rings is 1. The second-order valence-corrected chi connectivity index (χ2v) is 4.32. The van der Waals surface area contributed by atoms with E-state index in [4.69, 9.17) is 0 Å². The van der Waals surface area contributed by atoms with E-state index in [0.29, 0.717) is 5.01 Å². The Bertz CT molecular complexity index is 659. The Morgan fingerprint density at radius 3 is 3.12 bits per heavy atom. The lowest BCUT2D eigenvalue weighted by Gasteiger charge is -2.02. The molecule has 1 amide bonds. The third kappa shape index (κ3) is 1.90. The number of rotatable bonds is 2. The predicted octanol–water partition coefficient (Wildman–Crippen LogP) is 2.27. The summed E-state index contributed by atoms with van der Waals surface area (Å²) in [7, 11) is 0. The van der Waals surface area contributed by atoms with E-state index in [9.17, 15) is 4.79 Å². The first kappa shape index (κ1) is 9.98. The van der Waals surface area contributed by atoms with Crippen LogP contribution in [0.4, 0.5) is 5.69 Å². The minimum Gasteiger partial charge on any atom is -0.345 e. The second kappa shape index (κ2) is 3.99. The van der Waals surface area contributed by atoms with E-state index < -0.39 is 0 Å². The standard InChI is InChI=1S/C11H8N4OS/c16-10(11-12-3-4-17-11)15-7-1-2-8-9(5-7)14-6-13-8/h1-6H,(H,13,14)(H,15,16). The number of hydrogen-bond donors (Lipinski definition) is 2. The number of amides is 1. The zero-order valence-electron chi connectivity index (χ0n) is 8.68. The summed E-state index contributed by atoms with van der Waals surface area (Å²) >= 11 is 1.31. The van der Waals surface area contributed by atoms with Gasteiger partial charge in [-0.05, 0) is 18.2 Å². The van der Waals surface area contributed by atoms with Crippen LogP contribution in [0.2, 0.25) is 0 Å². The Labute approximate surface area is 101 Å². The predicted molar refractivity (Wildman–Crippen MR) is 66.2 cm³/mol. The highest BCUT2D eigenvalue weighted by atomic mass is 32.1. The van der Waals surface area contributed by atoms with Crippen molar-refractivity contribution in [3.63, 3.8) is 0 Å². The van der Waals surface area contributed by atoms with Crippen LogP contribution in [0.25, 0.3) is 11.0 Å². The van der Waals surface area contributed by atoms with Gasteiger partial charge >= 0.3 is 0 Å². The lowest BCUT2D eigenvalue weighted by atomic mass is 10.3. The van der Waals surface area contributed by atoms with Crippen LogP contribution in [0.1, 0.15) is 9.80 Å². The molecule has 0 aliphatic rings. The Morgan fingerprint density at radius 1 is 1.35 bits per heavy atom. The third-order valence-corrected chi connectivity index (χ3v) is 3.08. The van der Waals surface area contributed by atoms with Crippen molar-refractivity contribution >= 4 is 34.0 Å². The molecular formula is C11H8N4OS. The highest BCUT2D eigenvalue weighted by Gasteiger charge is 2.08. The van der Waals surface area contributed by atoms with Gasteiger partial charge in [0.15, 0.2) is 5.01 Å². The number of fused-ring (bicyclic) bond motifs is 1. The number of anilines is 1. The Hall–Kier alpha value is -2.21. The van der Waals surface area contributed by atoms with Gasteiger partial charge in [-0.1, -0.05) is 0 Å². The number of hydrogen-bond acceptors (Lipinski definition) is 4. The summed E-state index contributed by atoms with van der Waals surface area (Å²) in [6.45, 7) is 0. The van der Waals surface area contributed by atoms with Crippen LogP contribution in [0.3, 0.4) is 0 Å². The van der Waals surface area contributed by atoms with E-state index in [-0.39, 0.29) is 5.91 Å². The van der Waals surface area contributed by atoms with Crippen molar-refractivity contribution in [3.05, 3.63) is 41.1 Å². The number of benzene rings is 1. The van der Waals surface area contributed by atoms with Crippen LogP contribution >= 0.6 is 11.3 Å². The minimum atomic E-state index is -0.195. The Kier molecular flexibility index (Phi) is 2.34. The summed E-state index contributed by atoms with van der Waals surface area (Å²) in [6, 6.07) is 5.51. The van der Waals surface area contributed by atoms with Gasteiger partial charge in [0.25, 0.3) is 5.91 Å². The van der Waals surface area contributed by atoms with Crippen LogP contribution in [0.5, 0.6) is 0 Å². The summed E-state index contributed by atoms with van der Waals surface area (Å²) in [5.41, 5.74) is 2.49. The van der Waals surface area contributed by atoms with Crippen LogP contribution in [0.15, 0.2) is 36.1 Å². The van der Waals surface area contributed by atoms with E-state index in [1.165, 1.54) is 11.3 Å². The first-order valence-corrected chi connectivity index (χ1v) is 5.85. The van der Waals surface area contributed by atoms with Gasteiger partial charge in [-0.15, -0.1) is 11.3 Å². The molecule has 2 N–H and O–H groups in total. The highest BCUT2D eigenvalue weighted by Crippen LogP contribution is 2.16. The number of nitrogens with zero attached hydrogens (tertiary/aromatic N) is 2. The molecule has 0 bridgehead atoms. The van der Waals surface area contributed by atoms with Gasteiger partial charge in [0.2, 0.25) is 0 Å². The minimum absolute atomic E-state index is 0.195. The molecule has 2 heterocycles. The van der Waals surface area contributed by atoms with Crippen molar-refractivity contribution in [2.75, 3.05) is 5.32 Å². The molecule has 0 spiro atoms. The maximum absolute atomic E-state index is 11.8. The van der Waals surface area contributed by atoms with Crippen molar-refractivity contribution in [1.82, 2.24) is 15.0 Å². The quantitative estimate of drug-likeness (QED) is 0.726. The molecule has 3 rings (SSSR count). The molecule has 17 heavy (non-hydrogen) atoms. The fourth-order valence-electron chi connectivity index (χ4n) is 1.53. The van der Waals surface area contributed by atoms with E-state index in [0.717, 1.165) is 16.7 Å². The summed E-state index contributed by atoms with van der Waals surface area (Å²) in [5, 5.41) is 5.01. The van der Waals surface area contributed by atoms with Gasteiger partial charge in [0.1, 0.15) is 0 Å². The van der Waals surface area contributed by atoms with Gasteiger partial charge < -0.3 is 10.3 Å². The van der Waals surface area contributed by atoms with Crippen molar-refractivity contribution in [2.24, 2.45) is 0 Å². The second-order valence-electron chi connectivity index (χ2n) is 3.43.